The second-order valence-electron chi connectivity index (χ2n) is 5.24. The van der Waals surface area contributed by atoms with Gasteiger partial charge in [0, 0.05) is 6.04 Å². The van der Waals surface area contributed by atoms with Gasteiger partial charge in [0.2, 0.25) is 0 Å². The Labute approximate surface area is 114 Å². The third-order valence-corrected chi connectivity index (χ3v) is 3.95. The van der Waals surface area contributed by atoms with Gasteiger partial charge in [-0.2, -0.15) is 0 Å². The summed E-state index contributed by atoms with van der Waals surface area (Å²) in [4.78, 5) is 23.3. The monoisotopic (exact) mass is 283 g/mol. The zero-order valence-corrected chi connectivity index (χ0v) is 11.0. The van der Waals surface area contributed by atoms with Gasteiger partial charge >= 0.3 is 5.97 Å². The van der Waals surface area contributed by atoms with Crippen LogP contribution < -0.4 is 5.32 Å². The smallest absolute Gasteiger partial charge is 0.311 e. The van der Waals surface area contributed by atoms with Crippen LogP contribution in [-0.2, 0) is 4.79 Å². The van der Waals surface area contributed by atoms with Crippen molar-refractivity contribution in [2.24, 2.45) is 5.41 Å². The molecule has 1 aromatic carbocycles. The molecule has 6 heteroatoms. The van der Waals surface area contributed by atoms with Gasteiger partial charge in [0.1, 0.15) is 0 Å². The van der Waals surface area contributed by atoms with Gasteiger partial charge in [0.25, 0.3) is 5.91 Å². The number of carboxylic acids is 1. The van der Waals surface area contributed by atoms with Crippen molar-refractivity contribution in [3.05, 3.63) is 35.4 Å². The highest BCUT2D eigenvalue weighted by atomic mass is 19.2. The molecule has 2 unspecified atom stereocenters. The van der Waals surface area contributed by atoms with Crippen LogP contribution in [0.1, 0.15) is 36.5 Å². The van der Waals surface area contributed by atoms with Crippen LogP contribution in [0.4, 0.5) is 8.78 Å². The van der Waals surface area contributed by atoms with Crippen molar-refractivity contribution in [1.82, 2.24) is 5.32 Å². The van der Waals surface area contributed by atoms with Crippen LogP contribution >= 0.6 is 0 Å². The van der Waals surface area contributed by atoms with E-state index in [-0.39, 0.29) is 0 Å². The summed E-state index contributed by atoms with van der Waals surface area (Å²) in [6.45, 7) is 1.55. The van der Waals surface area contributed by atoms with E-state index >= 15 is 0 Å². The summed E-state index contributed by atoms with van der Waals surface area (Å²) in [5.74, 6) is -4.12. The molecule has 1 saturated carbocycles. The predicted octanol–water partition coefficient (Wildman–Crippen LogP) is 2.34. The first-order valence-electron chi connectivity index (χ1n) is 6.34. The van der Waals surface area contributed by atoms with Gasteiger partial charge in [-0.05, 0) is 31.9 Å². The molecule has 0 heterocycles. The first kappa shape index (κ1) is 14.4. The SMILES string of the molecule is CC1(C(=O)O)CCCC1NC(=O)c1cccc(F)c1F. The molecule has 0 aromatic heterocycles. The maximum Gasteiger partial charge on any atom is 0.311 e. The van der Waals surface area contributed by atoms with E-state index in [9.17, 15) is 23.5 Å². The molecule has 4 nitrogen and oxygen atoms in total. The van der Waals surface area contributed by atoms with Crippen molar-refractivity contribution < 1.29 is 23.5 Å². The molecule has 2 atom stereocenters. The van der Waals surface area contributed by atoms with Gasteiger partial charge in [-0.15, -0.1) is 0 Å². The molecule has 0 aliphatic heterocycles. The fraction of sp³-hybridized carbons (Fsp3) is 0.429. The second kappa shape index (κ2) is 5.19. The Morgan fingerprint density at radius 3 is 2.75 bits per heavy atom. The molecule has 0 radical (unpaired) electrons. The van der Waals surface area contributed by atoms with Gasteiger partial charge in [0.05, 0.1) is 11.0 Å². The van der Waals surface area contributed by atoms with Crippen LogP contribution in [0.25, 0.3) is 0 Å². The number of rotatable bonds is 3. The van der Waals surface area contributed by atoms with Crippen molar-refractivity contribution in [3.8, 4) is 0 Å². The van der Waals surface area contributed by atoms with E-state index in [0.29, 0.717) is 19.3 Å². The lowest BCUT2D eigenvalue weighted by molar-refractivity contribution is -0.148. The fourth-order valence-corrected chi connectivity index (χ4v) is 2.57. The van der Waals surface area contributed by atoms with Crippen LogP contribution in [0.2, 0.25) is 0 Å². The van der Waals surface area contributed by atoms with Crippen LogP contribution in [0.15, 0.2) is 18.2 Å². The molecule has 108 valence electrons. The number of carboxylic acid groups (broad SMARTS) is 1. The number of halogens is 2. The van der Waals surface area contributed by atoms with E-state index in [1.807, 2.05) is 0 Å². The summed E-state index contributed by atoms with van der Waals surface area (Å²) in [5, 5.41) is 11.7. The predicted molar refractivity (Wildman–Crippen MR) is 67.2 cm³/mol. The summed E-state index contributed by atoms with van der Waals surface area (Å²) < 4.78 is 26.6. The van der Waals surface area contributed by atoms with Crippen molar-refractivity contribution in [2.75, 3.05) is 0 Å². The number of benzene rings is 1. The number of nitrogens with one attached hydrogen (secondary N) is 1. The molecule has 0 bridgehead atoms. The number of carbonyl (C=O) groups is 2. The van der Waals surface area contributed by atoms with Crippen molar-refractivity contribution in [2.45, 2.75) is 32.2 Å². The Hall–Kier alpha value is -1.98. The highest BCUT2D eigenvalue weighted by Crippen LogP contribution is 2.38. The Bertz CT molecular complexity index is 561. The highest BCUT2D eigenvalue weighted by molar-refractivity contribution is 5.95. The summed E-state index contributed by atoms with van der Waals surface area (Å²) >= 11 is 0. The molecule has 0 spiro atoms. The van der Waals surface area contributed by atoms with Gasteiger partial charge in [-0.1, -0.05) is 12.5 Å². The molecule has 0 saturated heterocycles. The van der Waals surface area contributed by atoms with Crippen LogP contribution in [0.5, 0.6) is 0 Å². The molecule has 1 aliphatic carbocycles. The summed E-state index contributed by atoms with van der Waals surface area (Å²) in [7, 11) is 0. The summed E-state index contributed by atoms with van der Waals surface area (Å²) in [5.41, 5.74) is -1.48. The highest BCUT2D eigenvalue weighted by Gasteiger charge is 2.46. The molecule has 1 aliphatic rings. The lowest BCUT2D eigenvalue weighted by Crippen LogP contribution is -2.47. The molecular formula is C14H15F2NO3. The minimum absolute atomic E-state index is 0.412. The second-order valence-corrected chi connectivity index (χ2v) is 5.24. The molecule has 2 rings (SSSR count). The van der Waals surface area contributed by atoms with Gasteiger partial charge in [-0.3, -0.25) is 9.59 Å². The standard InChI is InChI=1S/C14H15F2NO3/c1-14(13(19)20)7-3-6-10(14)17-12(18)8-4-2-5-9(15)11(8)16/h2,4-5,10H,3,6-7H2,1H3,(H,17,18)(H,19,20). The maximum atomic E-state index is 13.5. The summed E-state index contributed by atoms with van der Waals surface area (Å²) in [6.07, 6.45) is 1.61. The Balaban J connectivity index is 2.20. The van der Waals surface area contributed by atoms with Crippen molar-refractivity contribution in [3.63, 3.8) is 0 Å². The lowest BCUT2D eigenvalue weighted by Gasteiger charge is -2.27. The average molecular weight is 283 g/mol. The van der Waals surface area contributed by atoms with E-state index in [1.165, 1.54) is 12.1 Å². The Morgan fingerprint density at radius 2 is 2.10 bits per heavy atom. The molecule has 1 aromatic rings. The van der Waals surface area contributed by atoms with Gasteiger partial charge < -0.3 is 10.4 Å². The Kier molecular flexibility index (Phi) is 3.74. The normalized spacial score (nSPS) is 25.4. The lowest BCUT2D eigenvalue weighted by atomic mass is 9.85. The largest absolute Gasteiger partial charge is 0.481 e. The first-order valence-corrected chi connectivity index (χ1v) is 6.34. The maximum absolute atomic E-state index is 13.5. The van der Waals surface area contributed by atoms with Crippen LogP contribution in [-0.4, -0.2) is 23.0 Å². The third-order valence-electron chi connectivity index (χ3n) is 3.95. The molecular weight excluding hydrogens is 268 g/mol. The quantitative estimate of drug-likeness (QED) is 0.894. The van der Waals surface area contributed by atoms with E-state index in [0.717, 1.165) is 6.07 Å². The van der Waals surface area contributed by atoms with Gasteiger partial charge in [-0.25, -0.2) is 8.78 Å². The number of carbonyl (C=O) groups excluding carboxylic acids is 1. The van der Waals surface area contributed by atoms with E-state index in [1.54, 1.807) is 6.92 Å². The molecule has 20 heavy (non-hydrogen) atoms. The Morgan fingerprint density at radius 1 is 1.40 bits per heavy atom. The van der Waals surface area contributed by atoms with Gasteiger partial charge in [0.15, 0.2) is 11.6 Å². The van der Waals surface area contributed by atoms with E-state index in [2.05, 4.69) is 5.32 Å². The third kappa shape index (κ3) is 2.37. The molecule has 1 fully saturated rings. The number of aliphatic carboxylic acids is 1. The summed E-state index contributed by atoms with van der Waals surface area (Å²) in [6, 6.07) is 2.73. The average Bonchev–Trinajstić information content (AvgIpc) is 2.75. The minimum Gasteiger partial charge on any atom is -0.481 e. The van der Waals surface area contributed by atoms with Crippen LogP contribution in [0, 0.1) is 17.0 Å². The number of hydrogen-bond donors (Lipinski definition) is 2. The topological polar surface area (TPSA) is 66.4 Å². The fourth-order valence-electron chi connectivity index (χ4n) is 2.57. The first-order chi connectivity index (χ1) is 9.36. The zero-order valence-electron chi connectivity index (χ0n) is 11.0. The minimum atomic E-state index is -1.22. The van der Waals surface area contributed by atoms with Crippen molar-refractivity contribution >= 4 is 11.9 Å². The molecule has 1 amide bonds. The van der Waals surface area contributed by atoms with E-state index < -0.39 is 40.5 Å². The molecule has 2 N–H and O–H groups in total. The number of hydrogen-bond acceptors (Lipinski definition) is 2. The van der Waals surface area contributed by atoms with Crippen LogP contribution in [0.3, 0.4) is 0 Å². The van der Waals surface area contributed by atoms with Crippen molar-refractivity contribution in [1.29, 1.82) is 0 Å². The number of amides is 1. The van der Waals surface area contributed by atoms with E-state index in [4.69, 9.17) is 0 Å². The zero-order chi connectivity index (χ0) is 14.9.